The van der Waals surface area contributed by atoms with E-state index in [1.165, 1.54) is 5.39 Å². The van der Waals surface area contributed by atoms with Crippen LogP contribution in [0.1, 0.15) is 0 Å². The molecule has 3 rings (SSSR count). The van der Waals surface area contributed by atoms with Gasteiger partial charge >= 0.3 is 0 Å². The fraction of sp³-hybridized carbons (Fsp3) is 0. The molecule has 14 heavy (non-hydrogen) atoms. The normalized spacial score (nSPS) is 11.1. The Morgan fingerprint density at radius 2 is 1.93 bits per heavy atom. The van der Waals surface area contributed by atoms with Gasteiger partial charge in [-0.1, -0.05) is 18.2 Å². The molecule has 3 nitrogen and oxygen atoms in total. The van der Waals surface area contributed by atoms with Crippen LogP contribution in [0.5, 0.6) is 0 Å². The van der Waals surface area contributed by atoms with Crippen molar-refractivity contribution in [3.05, 3.63) is 35.2 Å². The maximum absolute atomic E-state index is 4.96. The van der Waals surface area contributed by atoms with Crippen molar-refractivity contribution in [1.82, 2.24) is 15.0 Å². The predicted octanol–water partition coefficient (Wildman–Crippen LogP) is 2.77. The van der Waals surface area contributed by atoms with Crippen LogP contribution in [-0.4, -0.2) is 15.0 Å². The summed E-state index contributed by atoms with van der Waals surface area (Å²) in [6.07, 6.45) is 1.80. The van der Waals surface area contributed by atoms with Crippen LogP contribution < -0.4 is 0 Å². The van der Waals surface area contributed by atoms with E-state index in [2.05, 4.69) is 21.0 Å². The molecular weight excluding hydrogens is 194 g/mol. The smallest absolute Gasteiger partial charge is 0.198 e. The molecule has 0 atom stereocenters. The van der Waals surface area contributed by atoms with Gasteiger partial charge in [-0.2, -0.15) is 0 Å². The second-order valence-electron chi connectivity index (χ2n) is 3.15. The fourth-order valence-corrected chi connectivity index (χ4v) is 1.81. The largest absolute Gasteiger partial charge is 0.341 e. The Labute approximate surface area is 84.8 Å². The van der Waals surface area contributed by atoms with E-state index in [4.69, 9.17) is 12.2 Å². The molecule has 0 spiro atoms. The molecule has 2 N–H and O–H groups in total. The first kappa shape index (κ1) is 7.70. The zero-order chi connectivity index (χ0) is 9.54. The van der Waals surface area contributed by atoms with Crippen LogP contribution in [0.25, 0.3) is 21.9 Å². The Kier molecular flexibility index (Phi) is 1.46. The van der Waals surface area contributed by atoms with Crippen LogP contribution in [-0.2, 0) is 0 Å². The lowest BCUT2D eigenvalue weighted by molar-refractivity contribution is 1.17. The zero-order valence-corrected chi connectivity index (χ0v) is 8.06. The number of nitrogens with zero attached hydrogens (tertiary/aromatic N) is 1. The number of benzene rings is 1. The van der Waals surface area contributed by atoms with Gasteiger partial charge in [0.2, 0.25) is 0 Å². The van der Waals surface area contributed by atoms with Crippen LogP contribution in [0.15, 0.2) is 30.5 Å². The van der Waals surface area contributed by atoms with Crippen LogP contribution >= 0.6 is 12.2 Å². The molecule has 0 bridgehead atoms. The molecule has 4 heteroatoms. The summed E-state index contributed by atoms with van der Waals surface area (Å²) in [5.74, 6) is 0. The van der Waals surface area contributed by atoms with Crippen molar-refractivity contribution in [2.45, 2.75) is 0 Å². The van der Waals surface area contributed by atoms with Gasteiger partial charge in [0.1, 0.15) is 5.65 Å². The molecular formula is C10H7N3S. The maximum atomic E-state index is 4.96. The molecule has 0 aliphatic carbocycles. The summed E-state index contributed by atoms with van der Waals surface area (Å²) in [5, 5.41) is 2.25. The van der Waals surface area contributed by atoms with E-state index in [-0.39, 0.29) is 0 Å². The number of hydrogen-bond acceptors (Lipinski definition) is 2. The van der Waals surface area contributed by atoms with Crippen LogP contribution in [0.2, 0.25) is 0 Å². The van der Waals surface area contributed by atoms with E-state index in [9.17, 15) is 0 Å². The molecule has 68 valence electrons. The highest BCUT2D eigenvalue weighted by molar-refractivity contribution is 7.71. The first-order valence-electron chi connectivity index (χ1n) is 4.30. The number of nitrogens with one attached hydrogen (secondary N) is 2. The Morgan fingerprint density at radius 3 is 2.86 bits per heavy atom. The molecule has 0 fully saturated rings. The van der Waals surface area contributed by atoms with E-state index < -0.39 is 0 Å². The van der Waals surface area contributed by atoms with Crippen molar-refractivity contribution in [2.24, 2.45) is 0 Å². The minimum atomic E-state index is 0.504. The predicted molar refractivity (Wildman–Crippen MR) is 58.8 cm³/mol. The molecule has 1 aromatic carbocycles. The highest BCUT2D eigenvalue weighted by Gasteiger charge is 2.02. The fourth-order valence-electron chi connectivity index (χ4n) is 1.66. The molecule has 0 aliphatic heterocycles. The van der Waals surface area contributed by atoms with Crippen molar-refractivity contribution >= 4 is 34.2 Å². The van der Waals surface area contributed by atoms with Crippen molar-refractivity contribution in [1.29, 1.82) is 0 Å². The quantitative estimate of drug-likeness (QED) is 0.549. The van der Waals surface area contributed by atoms with Crippen LogP contribution in [0.4, 0.5) is 0 Å². The standard InChI is InChI=1S/C10H7N3S/c14-10-11-5-7-6-3-1-2-4-8(6)12-9(7)13-10/h1-5H,(H2,11,12,13,14). The molecule has 0 saturated heterocycles. The molecule has 0 radical (unpaired) electrons. The topological polar surface area (TPSA) is 44.5 Å². The number of aromatic nitrogens is 3. The molecule has 2 aromatic heterocycles. The average molecular weight is 201 g/mol. The number of hydrogen-bond donors (Lipinski definition) is 2. The van der Waals surface area contributed by atoms with Crippen molar-refractivity contribution < 1.29 is 0 Å². The minimum absolute atomic E-state index is 0.504. The minimum Gasteiger partial charge on any atom is -0.341 e. The highest BCUT2D eigenvalue weighted by Crippen LogP contribution is 2.22. The molecule has 0 aliphatic rings. The van der Waals surface area contributed by atoms with Gasteiger partial charge in [-0.3, -0.25) is 0 Å². The van der Waals surface area contributed by atoms with Crippen molar-refractivity contribution in [2.75, 3.05) is 0 Å². The van der Waals surface area contributed by atoms with Gasteiger partial charge in [-0.15, -0.1) is 0 Å². The summed E-state index contributed by atoms with van der Waals surface area (Å²) in [4.78, 5) is 10.4. The van der Waals surface area contributed by atoms with Crippen LogP contribution in [0, 0.1) is 4.77 Å². The number of para-hydroxylation sites is 1. The first-order chi connectivity index (χ1) is 6.84. The summed E-state index contributed by atoms with van der Waals surface area (Å²) < 4.78 is 0.504. The van der Waals surface area contributed by atoms with Gasteiger partial charge in [-0.25, -0.2) is 4.98 Å². The van der Waals surface area contributed by atoms with Crippen molar-refractivity contribution in [3.63, 3.8) is 0 Å². The van der Waals surface area contributed by atoms with Gasteiger partial charge in [0, 0.05) is 22.5 Å². The zero-order valence-electron chi connectivity index (χ0n) is 7.24. The third-order valence-electron chi connectivity index (χ3n) is 2.29. The van der Waals surface area contributed by atoms with Gasteiger partial charge in [0.05, 0.1) is 0 Å². The summed E-state index contributed by atoms with van der Waals surface area (Å²) in [7, 11) is 0. The first-order valence-corrected chi connectivity index (χ1v) is 4.71. The number of fused-ring (bicyclic) bond motifs is 3. The summed E-state index contributed by atoms with van der Waals surface area (Å²) in [5.41, 5.74) is 2.03. The number of aromatic amines is 2. The third-order valence-corrected chi connectivity index (χ3v) is 2.50. The molecule has 3 aromatic rings. The lowest BCUT2D eigenvalue weighted by Gasteiger charge is -1.88. The maximum Gasteiger partial charge on any atom is 0.198 e. The molecule has 0 unspecified atom stereocenters. The van der Waals surface area contributed by atoms with Crippen molar-refractivity contribution in [3.8, 4) is 0 Å². The summed E-state index contributed by atoms with van der Waals surface area (Å²) in [6.45, 7) is 0. The average Bonchev–Trinajstić information content (AvgIpc) is 2.54. The second kappa shape index (κ2) is 2.65. The Morgan fingerprint density at radius 1 is 1.07 bits per heavy atom. The molecule has 0 saturated carbocycles. The summed E-state index contributed by atoms with van der Waals surface area (Å²) in [6, 6.07) is 8.11. The van der Waals surface area contributed by atoms with Gasteiger partial charge < -0.3 is 9.97 Å². The second-order valence-corrected chi connectivity index (χ2v) is 3.53. The SMILES string of the molecule is S=c1ncc2c([nH]1)[nH]c1ccccc12. The number of rotatable bonds is 0. The third kappa shape index (κ3) is 0.975. The number of H-pyrrole nitrogens is 2. The monoisotopic (exact) mass is 201 g/mol. The molecule has 2 heterocycles. The van der Waals surface area contributed by atoms with Gasteiger partial charge in [-0.05, 0) is 18.3 Å². The lowest BCUT2D eigenvalue weighted by Crippen LogP contribution is -1.80. The highest BCUT2D eigenvalue weighted by atomic mass is 32.1. The molecule has 0 amide bonds. The van der Waals surface area contributed by atoms with E-state index >= 15 is 0 Å². The Balaban J connectivity index is 2.63. The van der Waals surface area contributed by atoms with Gasteiger partial charge in [0.25, 0.3) is 0 Å². The van der Waals surface area contributed by atoms with Crippen LogP contribution in [0.3, 0.4) is 0 Å². The Hall–Kier alpha value is -1.68. The van der Waals surface area contributed by atoms with E-state index in [1.807, 2.05) is 18.2 Å². The van der Waals surface area contributed by atoms with E-state index in [0.29, 0.717) is 4.77 Å². The van der Waals surface area contributed by atoms with Gasteiger partial charge in [0.15, 0.2) is 4.77 Å². The lowest BCUT2D eigenvalue weighted by atomic mass is 10.2. The summed E-state index contributed by atoms with van der Waals surface area (Å²) >= 11 is 4.96. The van der Waals surface area contributed by atoms with E-state index in [0.717, 1.165) is 16.6 Å². The Bertz CT molecular complexity index is 665. The van der Waals surface area contributed by atoms with E-state index in [1.54, 1.807) is 6.20 Å².